The number of unbranched alkanes of at least 4 members (excludes halogenated alkanes) is 1. The summed E-state index contributed by atoms with van der Waals surface area (Å²) in [5.74, 6) is 0.561. The molecule has 25 heavy (non-hydrogen) atoms. The van der Waals surface area contributed by atoms with Gasteiger partial charge in [0.2, 0.25) is 0 Å². The Morgan fingerprint density at radius 2 is 1.88 bits per heavy atom. The number of hydrogen-bond donors (Lipinski definition) is 0. The predicted octanol–water partition coefficient (Wildman–Crippen LogP) is 6.66. The van der Waals surface area contributed by atoms with Crippen molar-refractivity contribution in [2.24, 2.45) is 5.92 Å². The molecular formula is C22H40O2Si. The fourth-order valence-corrected chi connectivity index (χ4v) is 4.09. The fourth-order valence-electron chi connectivity index (χ4n) is 2.76. The zero-order valence-corrected chi connectivity index (χ0v) is 18.8. The molecule has 1 heterocycles. The number of hydrogen-bond acceptors (Lipinski definition) is 2. The molecule has 0 spiro atoms. The molecule has 2 nitrogen and oxygen atoms in total. The summed E-state index contributed by atoms with van der Waals surface area (Å²) in [6.45, 7) is 19.0. The van der Waals surface area contributed by atoms with Gasteiger partial charge in [-0.2, -0.15) is 0 Å². The predicted molar refractivity (Wildman–Crippen MR) is 113 cm³/mol. The molecule has 0 N–H and O–H groups in total. The zero-order chi connectivity index (χ0) is 19.1. The van der Waals surface area contributed by atoms with Crippen molar-refractivity contribution < 1.29 is 9.16 Å². The summed E-state index contributed by atoms with van der Waals surface area (Å²) in [5, 5.41) is 0.222. The molecule has 1 aliphatic rings. The molecule has 0 bridgehead atoms. The van der Waals surface area contributed by atoms with E-state index in [4.69, 9.17) is 9.16 Å². The first-order valence-electron chi connectivity index (χ1n) is 9.88. The first-order chi connectivity index (χ1) is 11.6. The normalized spacial score (nSPS) is 26.7. The molecule has 0 saturated carbocycles. The second-order valence-electron chi connectivity index (χ2n) is 9.02. The van der Waals surface area contributed by atoms with E-state index in [0.717, 1.165) is 19.4 Å². The summed E-state index contributed by atoms with van der Waals surface area (Å²) in [4.78, 5) is 0. The minimum absolute atomic E-state index is 0.0783. The third-order valence-corrected chi connectivity index (χ3v) is 9.91. The van der Waals surface area contributed by atoms with Crippen molar-refractivity contribution in [3.8, 4) is 0 Å². The Kier molecular flexibility index (Phi) is 8.86. The Morgan fingerprint density at radius 3 is 2.48 bits per heavy atom. The number of allylic oxidation sites excluding steroid dienone is 5. The largest absolute Gasteiger partial charge is 0.411 e. The van der Waals surface area contributed by atoms with Gasteiger partial charge in [-0.05, 0) is 49.4 Å². The minimum atomic E-state index is -1.80. The molecule has 0 amide bonds. The Balaban J connectivity index is 2.83. The smallest absolute Gasteiger partial charge is 0.192 e. The van der Waals surface area contributed by atoms with Crippen LogP contribution in [-0.2, 0) is 9.16 Å². The lowest BCUT2D eigenvalue weighted by atomic mass is 9.93. The zero-order valence-electron chi connectivity index (χ0n) is 17.8. The van der Waals surface area contributed by atoms with Crippen LogP contribution in [0.5, 0.6) is 0 Å². The maximum atomic E-state index is 6.74. The molecular weight excluding hydrogens is 324 g/mol. The summed E-state index contributed by atoms with van der Waals surface area (Å²) in [6.07, 6.45) is 14.4. The van der Waals surface area contributed by atoms with Crippen molar-refractivity contribution in [1.29, 1.82) is 0 Å². The van der Waals surface area contributed by atoms with Crippen LogP contribution in [0, 0.1) is 5.92 Å². The van der Waals surface area contributed by atoms with Crippen molar-refractivity contribution >= 4 is 8.32 Å². The molecule has 1 rings (SSSR count). The van der Waals surface area contributed by atoms with Gasteiger partial charge in [-0.25, -0.2) is 0 Å². The van der Waals surface area contributed by atoms with E-state index in [1.54, 1.807) is 0 Å². The van der Waals surface area contributed by atoms with Gasteiger partial charge in [0.05, 0.1) is 12.7 Å². The quantitative estimate of drug-likeness (QED) is 0.371. The lowest BCUT2D eigenvalue weighted by Crippen LogP contribution is -2.50. The van der Waals surface area contributed by atoms with Gasteiger partial charge in [-0.1, -0.05) is 71.4 Å². The van der Waals surface area contributed by atoms with Crippen molar-refractivity contribution in [3.63, 3.8) is 0 Å². The van der Waals surface area contributed by atoms with E-state index < -0.39 is 8.32 Å². The highest BCUT2D eigenvalue weighted by molar-refractivity contribution is 6.74. The van der Waals surface area contributed by atoms with Crippen LogP contribution in [-0.4, -0.2) is 27.1 Å². The SMILES string of the molecule is CCC/C=C/C=C/C=C(\C)[C@@H]1OC[C@H](C)C[C@H]1O[Si](C)(C)C(C)(C)C. The summed E-state index contributed by atoms with van der Waals surface area (Å²) in [5.41, 5.74) is 1.26. The van der Waals surface area contributed by atoms with Gasteiger partial charge in [0, 0.05) is 0 Å². The lowest BCUT2D eigenvalue weighted by Gasteiger charge is -2.44. The van der Waals surface area contributed by atoms with Crippen LogP contribution in [0.15, 0.2) is 36.0 Å². The Morgan fingerprint density at radius 1 is 1.20 bits per heavy atom. The van der Waals surface area contributed by atoms with Gasteiger partial charge in [-0.15, -0.1) is 0 Å². The Hall–Kier alpha value is -0.643. The maximum Gasteiger partial charge on any atom is 0.192 e. The molecule has 1 saturated heterocycles. The highest BCUT2D eigenvalue weighted by Crippen LogP contribution is 2.40. The van der Waals surface area contributed by atoms with Crippen LogP contribution in [0.25, 0.3) is 0 Å². The molecule has 0 radical (unpaired) electrons. The molecule has 3 heteroatoms. The van der Waals surface area contributed by atoms with Crippen molar-refractivity contribution in [2.45, 2.75) is 91.1 Å². The Bertz CT molecular complexity index is 483. The molecule has 0 unspecified atom stereocenters. The summed E-state index contributed by atoms with van der Waals surface area (Å²) in [6, 6.07) is 0. The monoisotopic (exact) mass is 364 g/mol. The van der Waals surface area contributed by atoms with Gasteiger partial charge >= 0.3 is 0 Å². The topological polar surface area (TPSA) is 18.5 Å². The van der Waals surface area contributed by atoms with Crippen LogP contribution >= 0.6 is 0 Å². The van der Waals surface area contributed by atoms with E-state index in [1.165, 1.54) is 12.0 Å². The summed E-state index contributed by atoms with van der Waals surface area (Å²) in [7, 11) is -1.80. The average molecular weight is 365 g/mol. The number of rotatable bonds is 7. The average Bonchev–Trinajstić information content (AvgIpc) is 2.49. The van der Waals surface area contributed by atoms with E-state index in [2.05, 4.69) is 85.0 Å². The Labute approximate surface area is 157 Å². The molecule has 144 valence electrons. The van der Waals surface area contributed by atoms with Crippen LogP contribution in [0.4, 0.5) is 0 Å². The van der Waals surface area contributed by atoms with Gasteiger partial charge in [-0.3, -0.25) is 0 Å². The molecule has 3 atom stereocenters. The van der Waals surface area contributed by atoms with Gasteiger partial charge in [0.15, 0.2) is 8.32 Å². The van der Waals surface area contributed by atoms with E-state index >= 15 is 0 Å². The van der Waals surface area contributed by atoms with Gasteiger partial charge in [0.25, 0.3) is 0 Å². The fraction of sp³-hybridized carbons (Fsp3) is 0.727. The van der Waals surface area contributed by atoms with E-state index in [9.17, 15) is 0 Å². The van der Waals surface area contributed by atoms with Crippen molar-refractivity contribution in [1.82, 2.24) is 0 Å². The van der Waals surface area contributed by atoms with Crippen LogP contribution < -0.4 is 0 Å². The molecule has 1 aliphatic heterocycles. The second-order valence-corrected chi connectivity index (χ2v) is 13.8. The second kappa shape index (κ2) is 9.89. The highest BCUT2D eigenvalue weighted by Gasteiger charge is 2.42. The first-order valence-corrected chi connectivity index (χ1v) is 12.8. The third kappa shape index (κ3) is 7.24. The van der Waals surface area contributed by atoms with Crippen LogP contribution in [0.2, 0.25) is 18.1 Å². The molecule has 0 aliphatic carbocycles. The lowest BCUT2D eigenvalue weighted by molar-refractivity contribution is -0.0705. The van der Waals surface area contributed by atoms with E-state index in [1.807, 2.05) is 0 Å². The van der Waals surface area contributed by atoms with Crippen LogP contribution in [0.3, 0.4) is 0 Å². The summed E-state index contributed by atoms with van der Waals surface area (Å²) < 4.78 is 12.9. The maximum absolute atomic E-state index is 6.74. The number of ether oxygens (including phenoxy) is 1. The van der Waals surface area contributed by atoms with Crippen LogP contribution in [0.1, 0.15) is 60.8 Å². The molecule has 1 fully saturated rings. The molecule has 0 aromatic carbocycles. The highest BCUT2D eigenvalue weighted by atomic mass is 28.4. The first kappa shape index (κ1) is 22.4. The van der Waals surface area contributed by atoms with Crippen molar-refractivity contribution in [3.05, 3.63) is 36.0 Å². The minimum Gasteiger partial charge on any atom is -0.411 e. The van der Waals surface area contributed by atoms with Gasteiger partial charge in [0.1, 0.15) is 6.10 Å². The summed E-state index contributed by atoms with van der Waals surface area (Å²) >= 11 is 0. The van der Waals surface area contributed by atoms with E-state index in [-0.39, 0.29) is 17.2 Å². The molecule has 0 aromatic heterocycles. The molecule has 0 aromatic rings. The van der Waals surface area contributed by atoms with E-state index in [0.29, 0.717) is 5.92 Å². The van der Waals surface area contributed by atoms with Gasteiger partial charge < -0.3 is 9.16 Å². The third-order valence-electron chi connectivity index (χ3n) is 5.41. The standard InChI is InChI=1S/C22H40O2Si/c1-9-10-11-12-13-14-15-19(3)21-20(16-18(2)17-23-21)24-25(7,8)22(4,5)6/h11-15,18,20-21H,9-10,16-17H2,1-8H3/b12-11+,14-13+,19-15+/t18-,20-,21+/m1/s1. The van der Waals surface area contributed by atoms with Crippen molar-refractivity contribution in [2.75, 3.05) is 6.61 Å².